The predicted octanol–water partition coefficient (Wildman–Crippen LogP) is 4.09. The van der Waals surface area contributed by atoms with Crippen LogP contribution in [0.3, 0.4) is 0 Å². The van der Waals surface area contributed by atoms with Crippen LogP contribution in [0.1, 0.15) is 10.4 Å². The number of carbonyl (C=O) groups excluding carboxylic acids is 1. The van der Waals surface area contributed by atoms with Crippen LogP contribution in [0.5, 0.6) is 11.5 Å². The summed E-state index contributed by atoms with van der Waals surface area (Å²) in [5.41, 5.74) is 2.07. The van der Waals surface area contributed by atoms with Gasteiger partial charge in [-0.15, -0.1) is 0 Å². The standard InChI is InChI=1S/C22H21N3O3/c26-22(25-10-12-27-13-11-25)17-14-18(16-23-15-17)24-20-8-4-5-9-21(20)28-19-6-2-1-3-7-19/h1-9,14-16,24H,10-13H2. The van der Waals surface area contributed by atoms with E-state index in [0.29, 0.717) is 37.6 Å². The van der Waals surface area contributed by atoms with Gasteiger partial charge < -0.3 is 19.7 Å². The lowest BCUT2D eigenvalue weighted by molar-refractivity contribution is 0.0302. The largest absolute Gasteiger partial charge is 0.455 e. The van der Waals surface area contributed by atoms with Crippen LogP contribution in [0, 0.1) is 0 Å². The second-order valence-corrected chi connectivity index (χ2v) is 6.40. The number of morpholine rings is 1. The maximum Gasteiger partial charge on any atom is 0.255 e. The van der Waals surface area contributed by atoms with Crippen molar-refractivity contribution >= 4 is 17.3 Å². The van der Waals surface area contributed by atoms with Gasteiger partial charge in [0.05, 0.1) is 36.3 Å². The lowest BCUT2D eigenvalue weighted by atomic mass is 10.2. The Hall–Kier alpha value is -3.38. The molecule has 0 unspecified atom stereocenters. The van der Waals surface area contributed by atoms with Gasteiger partial charge in [0.2, 0.25) is 0 Å². The van der Waals surface area contributed by atoms with Crippen molar-refractivity contribution in [3.63, 3.8) is 0 Å². The zero-order valence-corrected chi connectivity index (χ0v) is 15.4. The molecule has 1 aliphatic heterocycles. The SMILES string of the molecule is O=C(c1cncc(Nc2ccccc2Oc2ccccc2)c1)N1CCOCC1. The number of pyridine rings is 1. The second-order valence-electron chi connectivity index (χ2n) is 6.40. The van der Waals surface area contributed by atoms with E-state index >= 15 is 0 Å². The number of para-hydroxylation sites is 3. The highest BCUT2D eigenvalue weighted by molar-refractivity contribution is 5.95. The molecule has 1 fully saturated rings. The molecule has 6 nitrogen and oxygen atoms in total. The van der Waals surface area contributed by atoms with Gasteiger partial charge in [-0.1, -0.05) is 30.3 Å². The minimum atomic E-state index is -0.0340. The molecule has 0 bridgehead atoms. The molecule has 0 saturated carbocycles. The smallest absolute Gasteiger partial charge is 0.255 e. The number of aromatic nitrogens is 1. The Balaban J connectivity index is 1.52. The van der Waals surface area contributed by atoms with Gasteiger partial charge in [0.1, 0.15) is 5.75 Å². The number of amides is 1. The van der Waals surface area contributed by atoms with Crippen LogP contribution in [-0.2, 0) is 4.74 Å². The molecule has 1 amide bonds. The molecule has 1 saturated heterocycles. The molecule has 2 heterocycles. The molecule has 28 heavy (non-hydrogen) atoms. The number of ether oxygens (including phenoxy) is 2. The number of nitrogens with one attached hydrogen (secondary N) is 1. The van der Waals surface area contributed by atoms with Gasteiger partial charge in [0, 0.05) is 19.3 Å². The number of benzene rings is 2. The summed E-state index contributed by atoms with van der Waals surface area (Å²) in [5, 5.41) is 3.31. The Morgan fingerprint density at radius 2 is 1.75 bits per heavy atom. The highest BCUT2D eigenvalue weighted by atomic mass is 16.5. The van der Waals surface area contributed by atoms with Gasteiger partial charge in [0.15, 0.2) is 5.75 Å². The maximum atomic E-state index is 12.7. The Kier molecular flexibility index (Phi) is 5.49. The fraction of sp³-hybridized carbons (Fsp3) is 0.182. The predicted molar refractivity (Wildman–Crippen MR) is 107 cm³/mol. The van der Waals surface area contributed by atoms with E-state index in [1.807, 2.05) is 60.7 Å². The summed E-state index contributed by atoms with van der Waals surface area (Å²) in [6.45, 7) is 2.34. The Bertz CT molecular complexity index is 941. The number of anilines is 2. The van der Waals surface area contributed by atoms with E-state index in [1.165, 1.54) is 0 Å². The first-order valence-corrected chi connectivity index (χ1v) is 9.20. The highest BCUT2D eigenvalue weighted by Crippen LogP contribution is 2.31. The van der Waals surface area contributed by atoms with Gasteiger partial charge in [-0.25, -0.2) is 0 Å². The number of rotatable bonds is 5. The summed E-state index contributed by atoms with van der Waals surface area (Å²) in [7, 11) is 0. The average molecular weight is 375 g/mol. The Labute approximate surface area is 163 Å². The summed E-state index contributed by atoms with van der Waals surface area (Å²) in [5.74, 6) is 1.41. The molecular formula is C22H21N3O3. The van der Waals surface area contributed by atoms with E-state index in [0.717, 1.165) is 17.1 Å². The minimum absolute atomic E-state index is 0.0340. The van der Waals surface area contributed by atoms with Crippen molar-refractivity contribution in [3.05, 3.63) is 78.6 Å². The van der Waals surface area contributed by atoms with E-state index in [2.05, 4.69) is 10.3 Å². The summed E-state index contributed by atoms with van der Waals surface area (Å²) in [4.78, 5) is 18.7. The third kappa shape index (κ3) is 4.29. The zero-order chi connectivity index (χ0) is 19.2. The van der Waals surface area contributed by atoms with Crippen LogP contribution in [0.2, 0.25) is 0 Å². The lowest BCUT2D eigenvalue weighted by Gasteiger charge is -2.26. The van der Waals surface area contributed by atoms with Crippen molar-refractivity contribution in [3.8, 4) is 11.5 Å². The molecule has 3 aromatic rings. The van der Waals surface area contributed by atoms with E-state index in [9.17, 15) is 4.79 Å². The molecule has 1 aromatic heterocycles. The molecular weight excluding hydrogens is 354 g/mol. The normalized spacial score (nSPS) is 13.8. The van der Waals surface area contributed by atoms with Crippen LogP contribution < -0.4 is 10.1 Å². The molecule has 1 N–H and O–H groups in total. The lowest BCUT2D eigenvalue weighted by Crippen LogP contribution is -2.40. The first-order chi connectivity index (χ1) is 13.8. The Morgan fingerprint density at radius 1 is 1.00 bits per heavy atom. The molecule has 0 spiro atoms. The van der Waals surface area contributed by atoms with Gasteiger partial charge in [-0.05, 0) is 30.3 Å². The number of hydrogen-bond acceptors (Lipinski definition) is 5. The highest BCUT2D eigenvalue weighted by Gasteiger charge is 2.19. The van der Waals surface area contributed by atoms with Crippen LogP contribution in [0.25, 0.3) is 0 Å². The second kappa shape index (κ2) is 8.54. The summed E-state index contributed by atoms with van der Waals surface area (Å²) in [6, 6.07) is 19.1. The van der Waals surface area contributed by atoms with Crippen molar-refractivity contribution in [2.75, 3.05) is 31.6 Å². The first kappa shape index (κ1) is 18.0. The van der Waals surface area contributed by atoms with Crippen molar-refractivity contribution < 1.29 is 14.3 Å². The van der Waals surface area contributed by atoms with Gasteiger partial charge >= 0.3 is 0 Å². The fourth-order valence-electron chi connectivity index (χ4n) is 3.00. The molecule has 6 heteroatoms. The number of carbonyl (C=O) groups is 1. The third-order valence-corrected chi connectivity index (χ3v) is 4.42. The molecule has 0 radical (unpaired) electrons. The molecule has 4 rings (SSSR count). The van der Waals surface area contributed by atoms with Crippen molar-refractivity contribution in [1.82, 2.24) is 9.88 Å². The Morgan fingerprint density at radius 3 is 2.57 bits per heavy atom. The van der Waals surface area contributed by atoms with Crippen LogP contribution in [0.4, 0.5) is 11.4 Å². The van der Waals surface area contributed by atoms with Crippen molar-refractivity contribution in [1.29, 1.82) is 0 Å². The summed E-state index contributed by atoms with van der Waals surface area (Å²) in [6.07, 6.45) is 3.28. The summed E-state index contributed by atoms with van der Waals surface area (Å²) < 4.78 is 11.3. The molecule has 2 aromatic carbocycles. The summed E-state index contributed by atoms with van der Waals surface area (Å²) >= 11 is 0. The number of hydrogen-bond donors (Lipinski definition) is 1. The van der Waals surface area contributed by atoms with E-state index in [-0.39, 0.29) is 5.91 Å². The zero-order valence-electron chi connectivity index (χ0n) is 15.4. The van der Waals surface area contributed by atoms with Crippen LogP contribution in [0.15, 0.2) is 73.1 Å². The fourth-order valence-corrected chi connectivity index (χ4v) is 3.00. The van der Waals surface area contributed by atoms with Crippen molar-refractivity contribution in [2.45, 2.75) is 0 Å². The van der Waals surface area contributed by atoms with E-state index < -0.39 is 0 Å². The van der Waals surface area contributed by atoms with Gasteiger partial charge in [0.25, 0.3) is 5.91 Å². The molecule has 1 aliphatic rings. The van der Waals surface area contributed by atoms with E-state index in [4.69, 9.17) is 9.47 Å². The monoisotopic (exact) mass is 375 g/mol. The topological polar surface area (TPSA) is 63.7 Å². The van der Waals surface area contributed by atoms with Crippen LogP contribution in [-0.4, -0.2) is 42.1 Å². The molecule has 0 aliphatic carbocycles. The van der Waals surface area contributed by atoms with Gasteiger partial charge in [-0.2, -0.15) is 0 Å². The molecule has 142 valence electrons. The first-order valence-electron chi connectivity index (χ1n) is 9.20. The maximum absolute atomic E-state index is 12.7. The van der Waals surface area contributed by atoms with Crippen LogP contribution >= 0.6 is 0 Å². The minimum Gasteiger partial charge on any atom is -0.455 e. The quantitative estimate of drug-likeness (QED) is 0.728. The average Bonchev–Trinajstić information content (AvgIpc) is 2.76. The van der Waals surface area contributed by atoms with E-state index in [1.54, 1.807) is 17.3 Å². The molecule has 0 atom stereocenters. The van der Waals surface area contributed by atoms with Crippen molar-refractivity contribution in [2.24, 2.45) is 0 Å². The third-order valence-electron chi connectivity index (χ3n) is 4.42. The van der Waals surface area contributed by atoms with Gasteiger partial charge in [-0.3, -0.25) is 9.78 Å². The number of nitrogens with zero attached hydrogens (tertiary/aromatic N) is 2.